The number of carboxylic acids is 1. The van der Waals surface area contributed by atoms with Crippen molar-refractivity contribution in [2.24, 2.45) is 11.7 Å². The van der Waals surface area contributed by atoms with Gasteiger partial charge < -0.3 is 21.5 Å². The summed E-state index contributed by atoms with van der Waals surface area (Å²) in [5.74, 6) is -2.39. The van der Waals surface area contributed by atoms with E-state index in [1.165, 1.54) is 0 Å². The first-order chi connectivity index (χ1) is 12.1. The molecule has 3 atom stereocenters. The lowest BCUT2D eigenvalue weighted by Gasteiger charge is -2.26. The van der Waals surface area contributed by atoms with Gasteiger partial charge in [0.1, 0.15) is 6.04 Å². The van der Waals surface area contributed by atoms with Crippen molar-refractivity contribution in [3.8, 4) is 0 Å². The summed E-state index contributed by atoms with van der Waals surface area (Å²) < 4.78 is 0. The van der Waals surface area contributed by atoms with E-state index in [0.29, 0.717) is 11.4 Å². The van der Waals surface area contributed by atoms with Crippen molar-refractivity contribution in [2.45, 2.75) is 51.7 Å². The van der Waals surface area contributed by atoms with Crippen LogP contribution in [0.15, 0.2) is 24.3 Å². The predicted molar refractivity (Wildman–Crippen MR) is 99.6 cm³/mol. The highest BCUT2D eigenvalue weighted by molar-refractivity contribution is 6.30. The molecule has 0 saturated heterocycles. The number of halogens is 1. The topological polar surface area (TPSA) is 122 Å². The molecule has 0 aliphatic carbocycles. The lowest BCUT2D eigenvalue weighted by Crippen LogP contribution is -2.54. The number of amides is 2. The van der Waals surface area contributed by atoms with E-state index < -0.39 is 30.4 Å². The van der Waals surface area contributed by atoms with Crippen LogP contribution in [0.2, 0.25) is 5.02 Å². The average Bonchev–Trinajstić information content (AvgIpc) is 2.57. The van der Waals surface area contributed by atoms with E-state index in [9.17, 15) is 14.4 Å². The number of aliphatic carboxylic acids is 1. The third-order valence-corrected chi connectivity index (χ3v) is 4.23. The first kappa shape index (κ1) is 21.9. The fourth-order valence-corrected chi connectivity index (χ4v) is 2.58. The van der Waals surface area contributed by atoms with Gasteiger partial charge >= 0.3 is 5.97 Å². The zero-order valence-electron chi connectivity index (χ0n) is 15.2. The van der Waals surface area contributed by atoms with Crippen molar-refractivity contribution in [1.29, 1.82) is 0 Å². The third-order valence-electron chi connectivity index (χ3n) is 3.98. The van der Waals surface area contributed by atoms with Crippen molar-refractivity contribution in [2.75, 3.05) is 0 Å². The van der Waals surface area contributed by atoms with Crippen LogP contribution < -0.4 is 16.4 Å². The molecule has 7 nitrogen and oxygen atoms in total. The molecule has 26 heavy (non-hydrogen) atoms. The Kier molecular flexibility index (Phi) is 8.54. The second-order valence-corrected chi connectivity index (χ2v) is 6.89. The Morgan fingerprint density at radius 3 is 2.15 bits per heavy atom. The molecule has 0 aliphatic rings. The summed E-state index contributed by atoms with van der Waals surface area (Å²) in [6, 6.07) is 4.91. The van der Waals surface area contributed by atoms with Crippen LogP contribution in [0.3, 0.4) is 0 Å². The molecule has 0 heterocycles. The van der Waals surface area contributed by atoms with Gasteiger partial charge in [-0.3, -0.25) is 14.4 Å². The van der Waals surface area contributed by atoms with Gasteiger partial charge in [-0.2, -0.15) is 0 Å². The van der Waals surface area contributed by atoms with Gasteiger partial charge in [-0.25, -0.2) is 0 Å². The minimum Gasteiger partial charge on any atom is -0.481 e. The van der Waals surface area contributed by atoms with Crippen molar-refractivity contribution < 1.29 is 19.5 Å². The molecule has 1 aromatic carbocycles. The zero-order chi connectivity index (χ0) is 19.9. The Balaban J connectivity index is 2.82. The number of nitrogens with two attached hydrogens (primary N) is 1. The second kappa shape index (κ2) is 10.1. The van der Waals surface area contributed by atoms with E-state index in [1.807, 2.05) is 19.1 Å². The van der Waals surface area contributed by atoms with Crippen LogP contribution in [0, 0.1) is 5.92 Å². The van der Waals surface area contributed by atoms with Crippen LogP contribution in [0.25, 0.3) is 0 Å². The minimum atomic E-state index is -1.21. The van der Waals surface area contributed by atoms with E-state index in [0.717, 1.165) is 5.56 Å². The summed E-state index contributed by atoms with van der Waals surface area (Å²) in [5, 5.41) is 14.8. The van der Waals surface area contributed by atoms with Crippen LogP contribution in [0.1, 0.15) is 45.2 Å². The molecule has 8 heteroatoms. The Morgan fingerprint density at radius 2 is 1.69 bits per heavy atom. The van der Waals surface area contributed by atoms with E-state index in [4.69, 9.17) is 22.4 Å². The average molecular weight is 384 g/mol. The summed E-state index contributed by atoms with van der Waals surface area (Å²) in [4.78, 5) is 35.4. The molecule has 0 unspecified atom stereocenters. The number of carbonyl (C=O) groups is 3. The highest BCUT2D eigenvalue weighted by atomic mass is 35.5. The molecule has 1 aromatic rings. The van der Waals surface area contributed by atoms with Crippen LogP contribution >= 0.6 is 11.6 Å². The fraction of sp³-hybridized carbons (Fsp3) is 0.500. The fourth-order valence-electron chi connectivity index (χ4n) is 2.45. The van der Waals surface area contributed by atoms with Gasteiger partial charge in [-0.05, 0) is 30.0 Å². The van der Waals surface area contributed by atoms with Crippen LogP contribution in [-0.2, 0) is 14.4 Å². The summed E-state index contributed by atoms with van der Waals surface area (Å²) in [7, 11) is 0. The summed E-state index contributed by atoms with van der Waals surface area (Å²) >= 11 is 5.89. The van der Waals surface area contributed by atoms with Crippen LogP contribution in [-0.4, -0.2) is 35.0 Å². The molecule has 144 valence electrons. The maximum absolute atomic E-state index is 12.7. The lowest BCUT2D eigenvalue weighted by molar-refractivity contribution is -0.139. The maximum atomic E-state index is 12.7. The van der Waals surface area contributed by atoms with Crippen molar-refractivity contribution in [1.82, 2.24) is 10.6 Å². The van der Waals surface area contributed by atoms with Crippen LogP contribution in [0.5, 0.6) is 0 Å². The van der Waals surface area contributed by atoms with Crippen molar-refractivity contribution in [3.05, 3.63) is 34.9 Å². The first-order valence-electron chi connectivity index (χ1n) is 8.49. The highest BCUT2D eigenvalue weighted by Gasteiger charge is 2.28. The molecule has 0 radical (unpaired) electrons. The number of carbonyl (C=O) groups excluding carboxylic acids is 2. The zero-order valence-corrected chi connectivity index (χ0v) is 15.9. The van der Waals surface area contributed by atoms with E-state index in [1.54, 1.807) is 26.0 Å². The van der Waals surface area contributed by atoms with E-state index in [-0.39, 0.29) is 17.9 Å². The number of benzene rings is 1. The molecule has 0 bridgehead atoms. The van der Waals surface area contributed by atoms with Crippen molar-refractivity contribution >= 4 is 29.4 Å². The molecular weight excluding hydrogens is 358 g/mol. The molecule has 0 aliphatic heterocycles. The monoisotopic (exact) mass is 383 g/mol. The Labute approximate surface area is 158 Å². The van der Waals surface area contributed by atoms with Gasteiger partial charge in [0.2, 0.25) is 11.8 Å². The van der Waals surface area contributed by atoms with Crippen molar-refractivity contribution in [3.63, 3.8) is 0 Å². The normalized spacial score (nSPS) is 14.4. The van der Waals surface area contributed by atoms with E-state index >= 15 is 0 Å². The Bertz CT molecular complexity index is 634. The SMILES string of the molecule is CC[C@H](NC(=O)[C@H](NC(=O)[C@@H](N)CC(=O)O)C(C)C)c1ccc(Cl)cc1. The van der Waals surface area contributed by atoms with Gasteiger partial charge in [0.15, 0.2) is 0 Å². The number of rotatable bonds is 9. The second-order valence-electron chi connectivity index (χ2n) is 6.46. The summed E-state index contributed by atoms with van der Waals surface area (Å²) in [5.41, 5.74) is 6.47. The molecule has 1 rings (SSSR count). The van der Waals surface area contributed by atoms with E-state index in [2.05, 4.69) is 10.6 Å². The standard InChI is InChI=1S/C18H26ClN3O4/c1-4-14(11-5-7-12(19)8-6-11)21-18(26)16(10(2)3)22-17(25)13(20)9-15(23)24/h5-8,10,13-14,16H,4,9,20H2,1-3H3,(H,21,26)(H,22,25)(H,23,24)/t13-,14-,16+/m0/s1. The largest absolute Gasteiger partial charge is 0.481 e. The molecule has 0 aromatic heterocycles. The van der Waals surface area contributed by atoms with Gasteiger partial charge in [0, 0.05) is 5.02 Å². The van der Waals surface area contributed by atoms with Gasteiger partial charge in [-0.1, -0.05) is 44.5 Å². The Hall–Kier alpha value is -2.12. The Morgan fingerprint density at radius 1 is 1.12 bits per heavy atom. The molecular formula is C18H26ClN3O4. The quantitative estimate of drug-likeness (QED) is 0.518. The molecule has 0 saturated carbocycles. The summed E-state index contributed by atoms with van der Waals surface area (Å²) in [6.45, 7) is 5.51. The number of hydrogen-bond acceptors (Lipinski definition) is 4. The molecule has 0 fully saturated rings. The first-order valence-corrected chi connectivity index (χ1v) is 8.87. The maximum Gasteiger partial charge on any atom is 0.305 e. The predicted octanol–water partition coefficient (Wildman–Crippen LogP) is 1.85. The molecule has 2 amide bonds. The minimum absolute atomic E-state index is 0.196. The third kappa shape index (κ3) is 6.65. The smallest absolute Gasteiger partial charge is 0.305 e. The number of hydrogen-bond donors (Lipinski definition) is 4. The molecule has 5 N–H and O–H groups in total. The number of nitrogens with one attached hydrogen (secondary N) is 2. The van der Waals surface area contributed by atoms with Gasteiger partial charge in [-0.15, -0.1) is 0 Å². The summed E-state index contributed by atoms with van der Waals surface area (Å²) in [6.07, 6.45) is 0.158. The van der Waals surface area contributed by atoms with Crippen LogP contribution in [0.4, 0.5) is 0 Å². The number of carboxylic acid groups (broad SMARTS) is 1. The lowest BCUT2D eigenvalue weighted by atomic mass is 10.00. The van der Waals surface area contributed by atoms with Gasteiger partial charge in [0.05, 0.1) is 18.5 Å². The highest BCUT2D eigenvalue weighted by Crippen LogP contribution is 2.19. The van der Waals surface area contributed by atoms with Gasteiger partial charge in [0.25, 0.3) is 0 Å². The molecule has 0 spiro atoms.